The van der Waals surface area contributed by atoms with Gasteiger partial charge in [0, 0.05) is 6.42 Å². The van der Waals surface area contributed by atoms with Crippen molar-refractivity contribution < 1.29 is 32.9 Å². The zero-order valence-corrected chi connectivity index (χ0v) is 51.7. The highest BCUT2D eigenvalue weighted by Crippen LogP contribution is 2.43. The SMILES string of the molecule is CC/C=C\C/C=C\C/C=C\C/C=C\C/C=C\C/C=C\C/C=C\C/C=C\C/C=C\C/C=C\C/C=C\CCCCCCCC(=O)NC(COP(=O)(O)OCC[N+](C)(C)C)C(O)/C=C/CC/C=C/CC/C=C/CCCCCCCCCC. The summed E-state index contributed by atoms with van der Waals surface area (Å²) in [6.45, 7) is 4.63. The summed E-state index contributed by atoms with van der Waals surface area (Å²) in [5.41, 5.74) is 0. The first kappa shape index (κ1) is 74.9. The third kappa shape index (κ3) is 61.3. The third-order valence-corrected chi connectivity index (χ3v) is 13.6. The quantitative estimate of drug-likeness (QED) is 0.0243. The Kier molecular flexibility index (Phi) is 55.4. The molecule has 1 amide bonds. The van der Waals surface area contributed by atoms with Gasteiger partial charge in [-0.05, 0) is 128 Å². The fraction of sp³-hybridized carbons (Fsp3) is 0.586. The van der Waals surface area contributed by atoms with E-state index in [0.717, 1.165) is 135 Å². The number of aliphatic hydroxyl groups excluding tert-OH is 1. The molecule has 3 N–H and O–H groups in total. The summed E-state index contributed by atoms with van der Waals surface area (Å²) >= 11 is 0. The van der Waals surface area contributed by atoms with Crippen molar-refractivity contribution in [1.82, 2.24) is 5.32 Å². The molecule has 8 nitrogen and oxygen atoms in total. The Bertz CT molecular complexity index is 1890. The fourth-order valence-corrected chi connectivity index (χ4v) is 8.58. The van der Waals surface area contributed by atoms with Gasteiger partial charge in [0.2, 0.25) is 5.91 Å². The molecule has 79 heavy (non-hydrogen) atoms. The van der Waals surface area contributed by atoms with E-state index in [-0.39, 0.29) is 19.1 Å². The van der Waals surface area contributed by atoms with Crippen LogP contribution in [0.15, 0.2) is 170 Å². The number of hydrogen-bond donors (Lipinski definition) is 3. The van der Waals surface area contributed by atoms with Gasteiger partial charge in [-0.1, -0.05) is 248 Å². The van der Waals surface area contributed by atoms with Gasteiger partial charge in [0.15, 0.2) is 0 Å². The summed E-state index contributed by atoms with van der Waals surface area (Å²) in [4.78, 5) is 23.3. The number of amides is 1. The average molecular weight is 1110 g/mol. The van der Waals surface area contributed by atoms with Crippen LogP contribution in [-0.2, 0) is 18.4 Å². The molecule has 0 bridgehead atoms. The maximum absolute atomic E-state index is 13.0. The second kappa shape index (κ2) is 58.5. The van der Waals surface area contributed by atoms with Gasteiger partial charge in [-0.15, -0.1) is 0 Å². The van der Waals surface area contributed by atoms with Crippen LogP contribution in [0.5, 0.6) is 0 Å². The van der Waals surface area contributed by atoms with E-state index in [1.807, 2.05) is 27.2 Å². The predicted octanol–water partition coefficient (Wildman–Crippen LogP) is 19.6. The molecule has 0 aliphatic carbocycles. The first-order valence-electron chi connectivity index (χ1n) is 31.0. The minimum Gasteiger partial charge on any atom is -0.387 e. The van der Waals surface area contributed by atoms with Gasteiger partial charge in [0.1, 0.15) is 13.2 Å². The number of rotatable bonds is 54. The standard InChI is InChI=1S/C70H115N2O6P/c1-6-8-10-12-14-16-18-20-22-24-26-27-28-29-30-31-32-33-34-35-36-37-38-39-40-41-42-43-44-45-46-48-50-52-54-56-58-60-62-64-70(74)71-68(67-78-79(75,76)77-66-65-72(3,4)5)69(73)63-61-59-57-55-53-51-49-47-25-23-21-19-17-15-13-11-9-7-2/h8,10,14,16,20,22,25-27,29-30,32-33,35-36,38-39,41-42,44-45,47-48,50,53,55,61,63,68-69,73H,6-7,9,11-13,15,17-19,21,23-24,28,31,34,37,40,43,46,49,51-52,54,56-60,62,64-67H2,1-5H3,(H-,71,74,75,76)/p+1/b10-8-,16-14-,22-20-,27-26-,30-29-,33-32-,36-35-,39-38-,42-41-,45-44-,47-25+,50-48-,55-53+,63-61+. The molecule has 0 aromatic heterocycles. The Labute approximate surface area is 485 Å². The summed E-state index contributed by atoms with van der Waals surface area (Å²) < 4.78 is 23.7. The van der Waals surface area contributed by atoms with Crippen LogP contribution in [0.25, 0.3) is 0 Å². The van der Waals surface area contributed by atoms with Crippen LogP contribution in [0, 0.1) is 0 Å². The molecule has 0 aromatic carbocycles. The smallest absolute Gasteiger partial charge is 0.387 e. The zero-order chi connectivity index (χ0) is 57.7. The number of carbonyl (C=O) groups excluding carboxylic acids is 1. The van der Waals surface area contributed by atoms with Crippen LogP contribution in [0.3, 0.4) is 0 Å². The summed E-state index contributed by atoms with van der Waals surface area (Å²) in [5.74, 6) is -0.217. The normalized spacial score (nSPS) is 15.0. The number of phosphoric ester groups is 1. The molecule has 0 rings (SSSR count). The van der Waals surface area contributed by atoms with Crippen molar-refractivity contribution in [3.63, 3.8) is 0 Å². The van der Waals surface area contributed by atoms with Crippen LogP contribution < -0.4 is 5.32 Å². The van der Waals surface area contributed by atoms with Crippen molar-refractivity contribution in [2.45, 2.75) is 225 Å². The van der Waals surface area contributed by atoms with Gasteiger partial charge in [-0.2, -0.15) is 0 Å². The Morgan fingerprint density at radius 1 is 0.443 bits per heavy atom. The lowest BCUT2D eigenvalue weighted by molar-refractivity contribution is -0.870. The maximum Gasteiger partial charge on any atom is 0.472 e. The van der Waals surface area contributed by atoms with Crippen LogP contribution >= 0.6 is 7.82 Å². The van der Waals surface area contributed by atoms with Gasteiger partial charge in [-0.3, -0.25) is 13.8 Å². The van der Waals surface area contributed by atoms with E-state index in [9.17, 15) is 19.4 Å². The van der Waals surface area contributed by atoms with Crippen LogP contribution in [0.2, 0.25) is 0 Å². The van der Waals surface area contributed by atoms with Crippen molar-refractivity contribution >= 4 is 13.7 Å². The lowest BCUT2D eigenvalue weighted by atomic mass is 10.1. The molecule has 0 aromatic rings. The molecule has 0 saturated heterocycles. The van der Waals surface area contributed by atoms with E-state index < -0.39 is 20.0 Å². The minimum absolute atomic E-state index is 0.0400. The molecule has 0 aliphatic heterocycles. The molecule has 0 radical (unpaired) electrons. The number of hydrogen-bond acceptors (Lipinski definition) is 5. The van der Waals surface area contributed by atoms with Crippen molar-refractivity contribution in [2.24, 2.45) is 0 Å². The van der Waals surface area contributed by atoms with Crippen molar-refractivity contribution in [2.75, 3.05) is 40.9 Å². The van der Waals surface area contributed by atoms with Crippen LogP contribution in [0.1, 0.15) is 213 Å². The Balaban J connectivity index is 4.28. The van der Waals surface area contributed by atoms with Crippen molar-refractivity contribution in [3.8, 4) is 0 Å². The molecule has 3 unspecified atom stereocenters. The lowest BCUT2D eigenvalue weighted by Crippen LogP contribution is -2.45. The predicted molar refractivity (Wildman–Crippen MR) is 345 cm³/mol. The molecular weight excluding hydrogens is 996 g/mol. The molecule has 0 heterocycles. The van der Waals surface area contributed by atoms with Crippen molar-refractivity contribution in [3.05, 3.63) is 170 Å². The van der Waals surface area contributed by atoms with Gasteiger partial charge in [0.25, 0.3) is 0 Å². The topological polar surface area (TPSA) is 105 Å². The van der Waals surface area contributed by atoms with Crippen molar-refractivity contribution in [1.29, 1.82) is 0 Å². The Morgan fingerprint density at radius 2 is 0.772 bits per heavy atom. The number of allylic oxidation sites excluding steroid dienone is 27. The zero-order valence-electron chi connectivity index (χ0n) is 50.8. The maximum atomic E-state index is 13.0. The molecular formula is C70H116N2O6P+. The number of unbranched alkanes of at least 4 members (excludes halogenated alkanes) is 15. The second-order valence-corrected chi connectivity index (χ2v) is 22.8. The van der Waals surface area contributed by atoms with E-state index in [2.05, 4.69) is 177 Å². The average Bonchev–Trinajstić information content (AvgIpc) is 3.42. The van der Waals surface area contributed by atoms with E-state index in [1.54, 1.807) is 6.08 Å². The number of nitrogens with one attached hydrogen (secondary N) is 1. The molecule has 0 aliphatic rings. The van der Waals surface area contributed by atoms with E-state index >= 15 is 0 Å². The fourth-order valence-electron chi connectivity index (χ4n) is 7.84. The minimum atomic E-state index is -4.38. The van der Waals surface area contributed by atoms with Gasteiger partial charge < -0.3 is 19.8 Å². The monoisotopic (exact) mass is 1110 g/mol. The number of phosphoric acid groups is 1. The molecule has 446 valence electrons. The molecule has 3 atom stereocenters. The number of aliphatic hydroxyl groups is 1. The van der Waals surface area contributed by atoms with E-state index in [4.69, 9.17) is 9.05 Å². The highest BCUT2D eigenvalue weighted by atomic mass is 31.2. The highest BCUT2D eigenvalue weighted by molar-refractivity contribution is 7.47. The Hall–Kier alpha value is -4.14. The second-order valence-electron chi connectivity index (χ2n) is 21.3. The summed E-state index contributed by atoms with van der Waals surface area (Å²) in [6, 6.07) is -0.894. The van der Waals surface area contributed by atoms with E-state index in [1.165, 1.54) is 57.8 Å². The molecule has 9 heteroatoms. The largest absolute Gasteiger partial charge is 0.472 e. The molecule has 0 fully saturated rings. The number of quaternary nitrogens is 1. The first-order chi connectivity index (χ1) is 38.5. The summed E-state index contributed by atoms with van der Waals surface area (Å²) in [6.07, 6.45) is 93.2. The van der Waals surface area contributed by atoms with Gasteiger partial charge in [0.05, 0.1) is 39.9 Å². The Morgan fingerprint density at radius 3 is 1.16 bits per heavy atom. The highest BCUT2D eigenvalue weighted by Gasteiger charge is 2.27. The third-order valence-electron chi connectivity index (χ3n) is 12.6. The van der Waals surface area contributed by atoms with Crippen LogP contribution in [0.4, 0.5) is 0 Å². The number of nitrogens with zero attached hydrogens (tertiary/aromatic N) is 1. The number of likely N-dealkylation sites (N-methyl/N-ethyl adjacent to an activating group) is 1. The summed E-state index contributed by atoms with van der Waals surface area (Å²) in [5, 5.41) is 13.9. The first-order valence-corrected chi connectivity index (χ1v) is 32.5. The van der Waals surface area contributed by atoms with Gasteiger partial charge in [-0.25, -0.2) is 4.57 Å². The van der Waals surface area contributed by atoms with Crippen LogP contribution in [-0.4, -0.2) is 73.4 Å². The van der Waals surface area contributed by atoms with E-state index in [0.29, 0.717) is 17.4 Å². The molecule has 0 spiro atoms. The lowest BCUT2D eigenvalue weighted by Gasteiger charge is -2.25. The number of carbonyl (C=O) groups is 1. The molecule has 0 saturated carbocycles. The summed E-state index contributed by atoms with van der Waals surface area (Å²) in [7, 11) is 1.51. The van der Waals surface area contributed by atoms with Gasteiger partial charge >= 0.3 is 7.82 Å².